The highest BCUT2D eigenvalue weighted by Gasteiger charge is 2.51. The lowest BCUT2D eigenvalue weighted by atomic mass is 9.83. The number of hydrogen-bond donors (Lipinski definition) is 1. The monoisotopic (exact) mass is 313 g/mol. The van der Waals surface area contributed by atoms with Gasteiger partial charge in [0.25, 0.3) is 0 Å². The molecule has 21 heavy (non-hydrogen) atoms. The van der Waals surface area contributed by atoms with Gasteiger partial charge in [-0.3, -0.25) is 0 Å². The van der Waals surface area contributed by atoms with E-state index in [-0.39, 0.29) is 26.0 Å². The molecule has 0 fully saturated rings. The molecule has 1 rings (SSSR count). The van der Waals surface area contributed by atoms with Crippen LogP contribution >= 0.6 is 8.46 Å². The largest absolute Gasteiger partial charge is 0.464 e. The van der Waals surface area contributed by atoms with Crippen LogP contribution in [0.1, 0.15) is 25.3 Å². The van der Waals surface area contributed by atoms with Gasteiger partial charge in [-0.25, -0.2) is 4.79 Å². The molecule has 6 heteroatoms. The molecule has 5 nitrogen and oxygen atoms in total. The van der Waals surface area contributed by atoms with Crippen LogP contribution in [0.25, 0.3) is 0 Å². The Hall–Kier alpha value is -1.29. The number of aliphatic hydroxyl groups is 1. The van der Waals surface area contributed by atoms with Crippen LogP contribution in [0.4, 0.5) is 0 Å². The minimum absolute atomic E-state index is 0.0141. The van der Waals surface area contributed by atoms with Gasteiger partial charge in [-0.2, -0.15) is 0 Å². The number of hydrogen-bond acceptors (Lipinski definition) is 5. The van der Waals surface area contributed by atoms with Gasteiger partial charge in [0.2, 0.25) is 5.60 Å². The molecule has 0 aliphatic carbocycles. The maximum Gasteiger partial charge on any atom is 0.343 e. The van der Waals surface area contributed by atoms with E-state index in [9.17, 15) is 14.5 Å². The van der Waals surface area contributed by atoms with Crippen molar-refractivity contribution < 1.29 is 23.9 Å². The van der Waals surface area contributed by atoms with Crippen LogP contribution in [0, 0.1) is 0 Å². The molecule has 0 spiro atoms. The van der Waals surface area contributed by atoms with E-state index in [2.05, 4.69) is 0 Å². The van der Waals surface area contributed by atoms with Crippen LogP contribution in [-0.4, -0.2) is 42.7 Å². The molecular weight excluding hydrogens is 291 g/mol. The zero-order valence-corrected chi connectivity index (χ0v) is 13.4. The predicted octanol–water partition coefficient (Wildman–Crippen LogP) is 2.12. The van der Waals surface area contributed by atoms with Crippen LogP contribution in [0.3, 0.4) is 0 Å². The third-order valence-electron chi connectivity index (χ3n) is 3.31. The molecule has 116 valence electrons. The van der Waals surface area contributed by atoms with Gasteiger partial charge in [0.1, 0.15) is 0 Å². The van der Waals surface area contributed by atoms with Crippen molar-refractivity contribution in [2.75, 3.05) is 26.0 Å². The zero-order valence-electron chi connectivity index (χ0n) is 12.4. The Morgan fingerprint density at radius 2 is 1.95 bits per heavy atom. The summed E-state index contributed by atoms with van der Waals surface area (Å²) in [5.41, 5.74) is -0.680. The van der Waals surface area contributed by atoms with E-state index in [0.717, 1.165) is 5.56 Å². The molecular formula is C15H22O5P+. The fourth-order valence-corrected chi connectivity index (χ4v) is 3.08. The third-order valence-corrected chi connectivity index (χ3v) is 3.97. The summed E-state index contributed by atoms with van der Waals surface area (Å²) in [7, 11) is -0.730. The topological polar surface area (TPSA) is 72.8 Å². The minimum Gasteiger partial charge on any atom is -0.464 e. The molecule has 0 saturated heterocycles. The molecule has 0 bridgehead atoms. The fraction of sp³-hybridized carbons (Fsp3) is 0.533. The van der Waals surface area contributed by atoms with Crippen LogP contribution in [0.15, 0.2) is 30.3 Å². The average Bonchev–Trinajstić information content (AvgIpc) is 2.49. The lowest BCUT2D eigenvalue weighted by molar-refractivity contribution is -0.173. The van der Waals surface area contributed by atoms with Crippen molar-refractivity contribution in [2.45, 2.75) is 25.4 Å². The zero-order chi connectivity index (χ0) is 15.7. The average molecular weight is 313 g/mol. The van der Waals surface area contributed by atoms with Gasteiger partial charge in [-0.15, -0.1) is 0 Å². The highest BCUT2D eigenvalue weighted by molar-refractivity contribution is 7.23. The Labute approximate surface area is 126 Å². The van der Waals surface area contributed by atoms with E-state index < -0.39 is 25.9 Å². The van der Waals surface area contributed by atoms with E-state index in [1.54, 1.807) is 13.8 Å². The second-order valence-corrected chi connectivity index (χ2v) is 5.15. The normalized spacial score (nSPS) is 15.4. The van der Waals surface area contributed by atoms with Crippen LogP contribution in [0.5, 0.6) is 0 Å². The van der Waals surface area contributed by atoms with E-state index in [1.807, 2.05) is 30.3 Å². The maximum absolute atomic E-state index is 12.4. The Morgan fingerprint density at radius 1 is 1.29 bits per heavy atom. The molecule has 3 unspecified atom stereocenters. The molecule has 1 N–H and O–H groups in total. The first-order valence-electron chi connectivity index (χ1n) is 6.98. The van der Waals surface area contributed by atoms with Crippen molar-refractivity contribution in [3.8, 4) is 0 Å². The Kier molecular flexibility index (Phi) is 7.51. The smallest absolute Gasteiger partial charge is 0.343 e. The van der Waals surface area contributed by atoms with Gasteiger partial charge in [-0.1, -0.05) is 34.9 Å². The Morgan fingerprint density at radius 3 is 2.43 bits per heavy atom. The summed E-state index contributed by atoms with van der Waals surface area (Å²) in [5.74, 6) is -1.21. The number of aliphatic hydroxyl groups excluding tert-OH is 1. The van der Waals surface area contributed by atoms with E-state index in [0.29, 0.717) is 0 Å². The molecule has 1 aromatic rings. The third kappa shape index (κ3) is 4.10. The van der Waals surface area contributed by atoms with Gasteiger partial charge < -0.3 is 14.6 Å². The summed E-state index contributed by atoms with van der Waals surface area (Å²) in [6.07, 6.45) is -0.0141. The van der Waals surface area contributed by atoms with Crippen molar-refractivity contribution in [3.63, 3.8) is 0 Å². The molecule has 0 aromatic heterocycles. The summed E-state index contributed by atoms with van der Waals surface area (Å²) >= 11 is 0. The number of esters is 1. The van der Waals surface area contributed by atoms with E-state index in [1.165, 1.54) is 0 Å². The SMILES string of the molecule is CCOC(=O)C(C[PH+]=O)(OCC)C(CO)c1ccccc1. The molecule has 3 atom stereocenters. The molecule has 0 radical (unpaired) electrons. The van der Waals surface area contributed by atoms with Gasteiger partial charge in [0.05, 0.1) is 19.1 Å². The summed E-state index contributed by atoms with van der Waals surface area (Å²) in [6, 6.07) is 9.10. The predicted molar refractivity (Wildman–Crippen MR) is 81.1 cm³/mol. The summed E-state index contributed by atoms with van der Waals surface area (Å²) in [4.78, 5) is 12.4. The lowest BCUT2D eigenvalue weighted by Crippen LogP contribution is -2.51. The maximum atomic E-state index is 12.4. The quantitative estimate of drug-likeness (QED) is 0.558. The van der Waals surface area contributed by atoms with Crippen LogP contribution in [0.2, 0.25) is 0 Å². The Balaban J connectivity index is 3.29. The van der Waals surface area contributed by atoms with Crippen molar-refractivity contribution in [1.29, 1.82) is 0 Å². The molecule has 1 aromatic carbocycles. The first-order chi connectivity index (χ1) is 10.2. The number of rotatable bonds is 9. The van der Waals surface area contributed by atoms with Gasteiger partial charge >= 0.3 is 14.4 Å². The van der Waals surface area contributed by atoms with E-state index >= 15 is 0 Å². The van der Waals surface area contributed by atoms with Crippen molar-refractivity contribution >= 4 is 14.4 Å². The number of carbonyl (C=O) groups is 1. The summed E-state index contributed by atoms with van der Waals surface area (Å²) < 4.78 is 22.0. The second kappa shape index (κ2) is 8.88. The van der Waals surface area contributed by atoms with E-state index in [4.69, 9.17) is 9.47 Å². The second-order valence-electron chi connectivity index (χ2n) is 4.51. The molecule has 0 saturated carbocycles. The Bertz CT molecular complexity index is 451. The van der Waals surface area contributed by atoms with Gasteiger partial charge in [0, 0.05) is 6.61 Å². The first-order valence-corrected chi connectivity index (χ1v) is 8.09. The number of benzene rings is 1. The van der Waals surface area contributed by atoms with Crippen LogP contribution < -0.4 is 0 Å². The van der Waals surface area contributed by atoms with Crippen molar-refractivity contribution in [1.82, 2.24) is 0 Å². The molecule has 0 aliphatic rings. The standard InChI is InChI=1S/C15H21O5P/c1-3-19-14(17)15(11-21-18,20-4-2)13(10-16)12-8-6-5-7-9-12/h5-9,13,16H,3-4,10-11H2,1-2H3/p+1. The number of ether oxygens (including phenoxy) is 2. The highest BCUT2D eigenvalue weighted by Crippen LogP contribution is 2.35. The van der Waals surface area contributed by atoms with Crippen molar-refractivity contribution in [2.24, 2.45) is 0 Å². The summed E-state index contributed by atoms with van der Waals surface area (Å²) in [6.45, 7) is 3.61. The summed E-state index contributed by atoms with van der Waals surface area (Å²) in [5, 5.41) is 9.80. The minimum atomic E-state index is -1.43. The first kappa shape index (κ1) is 17.8. The van der Waals surface area contributed by atoms with Crippen LogP contribution in [-0.2, 0) is 18.8 Å². The highest BCUT2D eigenvalue weighted by atomic mass is 31.1. The molecule has 0 aliphatic heterocycles. The lowest BCUT2D eigenvalue weighted by Gasteiger charge is -2.34. The van der Waals surface area contributed by atoms with Crippen molar-refractivity contribution in [3.05, 3.63) is 35.9 Å². The molecule has 0 amide bonds. The van der Waals surface area contributed by atoms with Gasteiger partial charge in [-0.05, 0) is 19.4 Å². The fourth-order valence-electron chi connectivity index (χ4n) is 2.37. The number of carbonyl (C=O) groups excluding carboxylic acids is 1. The molecule has 0 heterocycles. The van der Waals surface area contributed by atoms with Gasteiger partial charge in [0.15, 0.2) is 6.16 Å².